The summed E-state index contributed by atoms with van der Waals surface area (Å²) in [6, 6.07) is -0.500. The van der Waals surface area contributed by atoms with Crippen LogP contribution in [-0.4, -0.2) is 62.6 Å². The van der Waals surface area contributed by atoms with Crippen LogP contribution in [0.3, 0.4) is 0 Å². The number of nitrogens with one attached hydrogen (secondary N) is 1. The Labute approximate surface area is 151 Å². The van der Waals surface area contributed by atoms with Gasteiger partial charge in [0, 0.05) is 25.8 Å². The Morgan fingerprint density at radius 3 is 2.62 bits per heavy atom. The van der Waals surface area contributed by atoms with E-state index in [-0.39, 0.29) is 11.8 Å². The summed E-state index contributed by atoms with van der Waals surface area (Å²) in [4.78, 5) is 27.3. The lowest BCUT2D eigenvalue weighted by molar-refractivity contribution is -0.119. The molecule has 0 bridgehead atoms. The van der Waals surface area contributed by atoms with E-state index in [0.29, 0.717) is 44.2 Å². The molecule has 1 saturated heterocycles. The summed E-state index contributed by atoms with van der Waals surface area (Å²) in [6.45, 7) is 8.22. The van der Waals surface area contributed by atoms with Gasteiger partial charge in [-0.15, -0.1) is 0 Å². The molecule has 1 unspecified atom stereocenters. The lowest BCUT2D eigenvalue weighted by Crippen LogP contribution is -2.42. The molecule has 3 heterocycles. The Bertz CT molecular complexity index is 790. The molecule has 0 saturated carbocycles. The van der Waals surface area contributed by atoms with E-state index in [9.17, 15) is 9.59 Å². The highest BCUT2D eigenvalue weighted by atomic mass is 16.5. The highest BCUT2D eigenvalue weighted by molar-refractivity contribution is 6.03. The topological polar surface area (TPSA) is 94.3 Å². The Morgan fingerprint density at radius 1 is 1.27 bits per heavy atom. The molecule has 9 nitrogen and oxygen atoms in total. The number of hydrogen-bond donors (Lipinski definition) is 1. The number of hydrogen-bond acceptors (Lipinski definition) is 5. The standard InChI is InChI=1S/C17H24N6O3/c1-4-22-15(17(25)21-5-7-26-8-6-21)14(10-19-22)20-16(24)13(3)23-11-12(2)9-18-23/h9-11,13H,4-8H2,1-3H3,(H,20,24). The number of carbonyl (C=O) groups excluding carboxylic acids is 2. The number of ether oxygens (including phenoxy) is 1. The second-order valence-electron chi connectivity index (χ2n) is 6.29. The summed E-state index contributed by atoms with van der Waals surface area (Å²) in [5.41, 5.74) is 1.79. The molecular weight excluding hydrogens is 336 g/mol. The summed E-state index contributed by atoms with van der Waals surface area (Å²) in [6.07, 6.45) is 5.03. The van der Waals surface area contributed by atoms with E-state index in [1.165, 1.54) is 6.20 Å². The molecular formula is C17H24N6O3. The molecule has 0 radical (unpaired) electrons. The number of nitrogens with zero attached hydrogens (tertiary/aromatic N) is 5. The molecule has 26 heavy (non-hydrogen) atoms. The number of aromatic nitrogens is 4. The second-order valence-corrected chi connectivity index (χ2v) is 6.29. The minimum Gasteiger partial charge on any atom is -0.378 e. The van der Waals surface area contributed by atoms with Crippen LogP contribution >= 0.6 is 0 Å². The number of amides is 2. The summed E-state index contributed by atoms with van der Waals surface area (Å²) in [5, 5.41) is 11.2. The maximum absolute atomic E-state index is 12.9. The van der Waals surface area contributed by atoms with E-state index in [1.54, 1.807) is 33.6 Å². The van der Waals surface area contributed by atoms with Crippen LogP contribution in [0.5, 0.6) is 0 Å². The molecule has 1 fully saturated rings. The van der Waals surface area contributed by atoms with Crippen LogP contribution in [0.15, 0.2) is 18.6 Å². The first-order valence-corrected chi connectivity index (χ1v) is 8.75. The molecule has 1 aliphatic rings. The van der Waals surface area contributed by atoms with Crippen molar-refractivity contribution in [2.75, 3.05) is 31.6 Å². The third-order valence-corrected chi connectivity index (χ3v) is 4.40. The first-order valence-electron chi connectivity index (χ1n) is 8.75. The summed E-state index contributed by atoms with van der Waals surface area (Å²) < 4.78 is 8.51. The van der Waals surface area contributed by atoms with Crippen LogP contribution < -0.4 is 5.32 Å². The number of morpholine rings is 1. The Morgan fingerprint density at radius 2 is 2.00 bits per heavy atom. The van der Waals surface area contributed by atoms with Crippen LogP contribution in [0.4, 0.5) is 5.69 Å². The zero-order valence-electron chi connectivity index (χ0n) is 15.3. The van der Waals surface area contributed by atoms with E-state index in [1.807, 2.05) is 13.8 Å². The van der Waals surface area contributed by atoms with Gasteiger partial charge in [-0.1, -0.05) is 0 Å². The van der Waals surface area contributed by atoms with Crippen molar-refractivity contribution in [1.82, 2.24) is 24.5 Å². The first kappa shape index (κ1) is 18.1. The van der Waals surface area contributed by atoms with Crippen molar-refractivity contribution in [2.45, 2.75) is 33.4 Å². The van der Waals surface area contributed by atoms with Gasteiger partial charge in [0.05, 0.1) is 31.3 Å². The summed E-state index contributed by atoms with van der Waals surface area (Å²) in [5.74, 6) is -0.398. The SMILES string of the molecule is CCn1ncc(NC(=O)C(C)n2cc(C)cn2)c1C(=O)N1CCOCC1. The maximum Gasteiger partial charge on any atom is 0.274 e. The normalized spacial score (nSPS) is 15.7. The maximum atomic E-state index is 12.9. The predicted octanol–water partition coefficient (Wildman–Crippen LogP) is 1.08. The van der Waals surface area contributed by atoms with Crippen molar-refractivity contribution in [3.05, 3.63) is 29.8 Å². The number of carbonyl (C=O) groups is 2. The van der Waals surface area contributed by atoms with Gasteiger partial charge in [-0.3, -0.25) is 19.0 Å². The van der Waals surface area contributed by atoms with Crippen molar-refractivity contribution < 1.29 is 14.3 Å². The highest BCUT2D eigenvalue weighted by Gasteiger charge is 2.27. The summed E-state index contributed by atoms with van der Waals surface area (Å²) >= 11 is 0. The molecule has 1 atom stereocenters. The average Bonchev–Trinajstić information content (AvgIpc) is 3.27. The number of aryl methyl sites for hydroxylation is 2. The molecule has 140 valence electrons. The fourth-order valence-electron chi connectivity index (χ4n) is 2.86. The molecule has 0 aliphatic carbocycles. The minimum absolute atomic E-state index is 0.148. The Kier molecular flexibility index (Phi) is 5.36. The zero-order valence-corrected chi connectivity index (χ0v) is 15.3. The van der Waals surface area contributed by atoms with Gasteiger partial charge in [0.15, 0.2) is 0 Å². The Balaban J connectivity index is 1.80. The highest BCUT2D eigenvalue weighted by Crippen LogP contribution is 2.20. The van der Waals surface area contributed by atoms with Crippen molar-refractivity contribution in [3.63, 3.8) is 0 Å². The van der Waals surface area contributed by atoms with Gasteiger partial charge >= 0.3 is 0 Å². The van der Waals surface area contributed by atoms with Gasteiger partial charge in [0.2, 0.25) is 5.91 Å². The Hall–Kier alpha value is -2.68. The van der Waals surface area contributed by atoms with Crippen LogP contribution in [0.1, 0.15) is 35.9 Å². The first-order chi connectivity index (χ1) is 12.5. The van der Waals surface area contributed by atoms with Crippen molar-refractivity contribution in [2.24, 2.45) is 0 Å². The van der Waals surface area contributed by atoms with Gasteiger partial charge in [0.1, 0.15) is 11.7 Å². The molecule has 1 N–H and O–H groups in total. The molecule has 0 spiro atoms. The molecule has 2 aromatic heterocycles. The van der Waals surface area contributed by atoms with Gasteiger partial charge in [-0.05, 0) is 26.3 Å². The van der Waals surface area contributed by atoms with Gasteiger partial charge in [-0.25, -0.2) is 0 Å². The quantitative estimate of drug-likeness (QED) is 0.861. The van der Waals surface area contributed by atoms with Crippen molar-refractivity contribution in [3.8, 4) is 0 Å². The van der Waals surface area contributed by atoms with E-state index < -0.39 is 6.04 Å². The molecule has 2 aromatic rings. The fourth-order valence-corrected chi connectivity index (χ4v) is 2.86. The number of rotatable bonds is 5. The molecule has 3 rings (SSSR count). The molecule has 1 aliphatic heterocycles. The third kappa shape index (κ3) is 3.62. The fraction of sp³-hybridized carbons (Fsp3) is 0.529. The van der Waals surface area contributed by atoms with E-state index in [4.69, 9.17) is 4.74 Å². The van der Waals surface area contributed by atoms with Crippen LogP contribution in [-0.2, 0) is 16.1 Å². The largest absolute Gasteiger partial charge is 0.378 e. The predicted molar refractivity (Wildman–Crippen MR) is 94.9 cm³/mol. The zero-order chi connectivity index (χ0) is 18.7. The molecule has 9 heteroatoms. The van der Waals surface area contributed by atoms with Crippen LogP contribution in [0.2, 0.25) is 0 Å². The van der Waals surface area contributed by atoms with Gasteiger partial charge in [0.25, 0.3) is 5.91 Å². The van der Waals surface area contributed by atoms with Crippen LogP contribution in [0.25, 0.3) is 0 Å². The lowest BCUT2D eigenvalue weighted by Gasteiger charge is -2.27. The van der Waals surface area contributed by atoms with E-state index in [0.717, 1.165) is 5.56 Å². The monoisotopic (exact) mass is 360 g/mol. The lowest BCUT2D eigenvalue weighted by atomic mass is 10.2. The summed E-state index contributed by atoms with van der Waals surface area (Å²) in [7, 11) is 0. The second kappa shape index (κ2) is 7.69. The number of anilines is 1. The average molecular weight is 360 g/mol. The third-order valence-electron chi connectivity index (χ3n) is 4.40. The van der Waals surface area contributed by atoms with Crippen LogP contribution in [0, 0.1) is 6.92 Å². The van der Waals surface area contributed by atoms with Gasteiger partial charge in [-0.2, -0.15) is 10.2 Å². The van der Waals surface area contributed by atoms with E-state index >= 15 is 0 Å². The molecule has 2 amide bonds. The van der Waals surface area contributed by atoms with Crippen molar-refractivity contribution >= 4 is 17.5 Å². The van der Waals surface area contributed by atoms with Gasteiger partial charge < -0.3 is 15.0 Å². The van der Waals surface area contributed by atoms with E-state index in [2.05, 4.69) is 15.5 Å². The van der Waals surface area contributed by atoms with Crippen molar-refractivity contribution in [1.29, 1.82) is 0 Å². The molecule has 0 aromatic carbocycles. The minimum atomic E-state index is -0.500. The smallest absolute Gasteiger partial charge is 0.274 e.